The van der Waals surface area contributed by atoms with Gasteiger partial charge in [-0.15, -0.1) is 0 Å². The Balaban J connectivity index is 1.99. The number of hydrogen-bond acceptors (Lipinski definition) is 3. The molecule has 2 aromatic rings. The Morgan fingerprint density at radius 3 is 2.62 bits per heavy atom. The van der Waals surface area contributed by atoms with Crippen molar-refractivity contribution in [2.24, 2.45) is 0 Å². The summed E-state index contributed by atoms with van der Waals surface area (Å²) in [6.45, 7) is 0.697. The van der Waals surface area contributed by atoms with Crippen LogP contribution in [0.2, 0.25) is 5.15 Å². The van der Waals surface area contributed by atoms with E-state index in [0.29, 0.717) is 17.5 Å². The van der Waals surface area contributed by atoms with Gasteiger partial charge < -0.3 is 5.32 Å². The zero-order valence-electron chi connectivity index (χ0n) is 8.32. The van der Waals surface area contributed by atoms with Crippen molar-refractivity contribution in [1.29, 1.82) is 0 Å². The molecule has 1 aromatic carbocycles. The molecular formula is C11H9BrClN3. The zero-order chi connectivity index (χ0) is 11.4. The maximum Gasteiger partial charge on any atom is 0.149 e. The van der Waals surface area contributed by atoms with Crippen molar-refractivity contribution in [2.45, 2.75) is 6.54 Å². The van der Waals surface area contributed by atoms with Gasteiger partial charge in [0.15, 0.2) is 0 Å². The molecule has 0 atom stereocenters. The van der Waals surface area contributed by atoms with Crippen molar-refractivity contribution >= 4 is 33.3 Å². The zero-order valence-corrected chi connectivity index (χ0v) is 10.7. The molecule has 0 unspecified atom stereocenters. The van der Waals surface area contributed by atoms with Crippen LogP contribution in [0.3, 0.4) is 0 Å². The summed E-state index contributed by atoms with van der Waals surface area (Å²) < 4.78 is 1.07. The number of rotatable bonds is 3. The summed E-state index contributed by atoms with van der Waals surface area (Å²) in [5, 5.41) is 3.54. The predicted octanol–water partition coefficient (Wildman–Crippen LogP) is 3.50. The minimum Gasteiger partial charge on any atom is -0.365 e. The smallest absolute Gasteiger partial charge is 0.149 e. The van der Waals surface area contributed by atoms with Crippen LogP contribution in [0.5, 0.6) is 0 Å². The lowest BCUT2D eigenvalue weighted by atomic mass is 10.2. The molecule has 0 fully saturated rings. The first-order chi connectivity index (χ1) is 7.74. The van der Waals surface area contributed by atoms with Crippen LogP contribution in [0.25, 0.3) is 0 Å². The molecule has 0 aliphatic carbocycles. The number of anilines is 1. The second-order valence-corrected chi connectivity index (χ2v) is 4.51. The topological polar surface area (TPSA) is 37.8 Å². The van der Waals surface area contributed by atoms with Crippen LogP contribution >= 0.6 is 27.5 Å². The molecule has 3 nitrogen and oxygen atoms in total. The molecule has 0 amide bonds. The Hall–Kier alpha value is -1.13. The molecular weight excluding hydrogens is 289 g/mol. The molecule has 0 saturated carbocycles. The van der Waals surface area contributed by atoms with Gasteiger partial charge in [0.1, 0.15) is 11.0 Å². The maximum atomic E-state index is 5.73. The van der Waals surface area contributed by atoms with E-state index in [1.54, 1.807) is 6.20 Å². The van der Waals surface area contributed by atoms with Gasteiger partial charge in [-0.05, 0) is 17.7 Å². The minimum absolute atomic E-state index is 0.390. The van der Waals surface area contributed by atoms with E-state index < -0.39 is 0 Å². The van der Waals surface area contributed by atoms with Crippen LogP contribution in [0.4, 0.5) is 5.82 Å². The van der Waals surface area contributed by atoms with Gasteiger partial charge in [0.05, 0.1) is 12.4 Å². The fraction of sp³-hybridized carbons (Fsp3) is 0.0909. The standard InChI is InChI=1S/C11H9BrClN3/c12-9-3-1-8(2-4-9)5-15-11-7-14-6-10(13)16-11/h1-4,6-7H,5H2,(H,15,16). The van der Waals surface area contributed by atoms with Crippen molar-refractivity contribution in [3.05, 3.63) is 51.8 Å². The number of nitrogens with one attached hydrogen (secondary N) is 1. The monoisotopic (exact) mass is 297 g/mol. The van der Waals surface area contributed by atoms with Crippen LogP contribution in [0.1, 0.15) is 5.56 Å². The number of benzene rings is 1. The van der Waals surface area contributed by atoms with E-state index in [2.05, 4.69) is 31.2 Å². The third kappa shape index (κ3) is 3.18. The van der Waals surface area contributed by atoms with Gasteiger partial charge in [0.2, 0.25) is 0 Å². The first-order valence-electron chi connectivity index (χ1n) is 4.70. The van der Waals surface area contributed by atoms with E-state index in [1.165, 1.54) is 11.8 Å². The van der Waals surface area contributed by atoms with E-state index in [1.807, 2.05) is 24.3 Å². The summed E-state index contributed by atoms with van der Waals surface area (Å²) in [7, 11) is 0. The van der Waals surface area contributed by atoms with Crippen LogP contribution in [0.15, 0.2) is 41.1 Å². The fourth-order valence-corrected chi connectivity index (χ4v) is 1.63. The number of halogens is 2. The van der Waals surface area contributed by atoms with Crippen LogP contribution in [-0.2, 0) is 6.54 Å². The van der Waals surface area contributed by atoms with E-state index in [9.17, 15) is 0 Å². The molecule has 0 radical (unpaired) electrons. The molecule has 0 aliphatic heterocycles. The number of hydrogen-bond donors (Lipinski definition) is 1. The average Bonchev–Trinajstić information content (AvgIpc) is 2.28. The van der Waals surface area contributed by atoms with Crippen molar-refractivity contribution in [1.82, 2.24) is 9.97 Å². The molecule has 5 heteroatoms. The lowest BCUT2D eigenvalue weighted by Crippen LogP contribution is -2.01. The van der Waals surface area contributed by atoms with Crippen LogP contribution in [0, 0.1) is 0 Å². The van der Waals surface area contributed by atoms with E-state index in [0.717, 1.165) is 4.47 Å². The van der Waals surface area contributed by atoms with E-state index in [4.69, 9.17) is 11.6 Å². The minimum atomic E-state index is 0.390. The largest absolute Gasteiger partial charge is 0.365 e. The Morgan fingerprint density at radius 2 is 1.94 bits per heavy atom. The Bertz CT molecular complexity index is 473. The fourth-order valence-electron chi connectivity index (χ4n) is 1.22. The second kappa shape index (κ2) is 5.27. The highest BCUT2D eigenvalue weighted by atomic mass is 79.9. The van der Waals surface area contributed by atoms with Gasteiger partial charge in [-0.25, -0.2) is 4.98 Å². The van der Waals surface area contributed by atoms with Crippen LogP contribution < -0.4 is 5.32 Å². The lowest BCUT2D eigenvalue weighted by Gasteiger charge is -2.05. The molecule has 1 N–H and O–H groups in total. The molecule has 1 aromatic heterocycles. The molecule has 0 bridgehead atoms. The molecule has 16 heavy (non-hydrogen) atoms. The molecule has 0 aliphatic rings. The van der Waals surface area contributed by atoms with Gasteiger partial charge in [0, 0.05) is 11.0 Å². The third-order valence-electron chi connectivity index (χ3n) is 1.99. The Labute approximate surface area is 107 Å². The van der Waals surface area contributed by atoms with Crippen molar-refractivity contribution in [2.75, 3.05) is 5.32 Å². The first-order valence-corrected chi connectivity index (χ1v) is 5.87. The molecule has 82 valence electrons. The predicted molar refractivity (Wildman–Crippen MR) is 68.5 cm³/mol. The quantitative estimate of drug-likeness (QED) is 0.942. The highest BCUT2D eigenvalue weighted by Crippen LogP contribution is 2.12. The maximum absolute atomic E-state index is 5.73. The van der Waals surface area contributed by atoms with E-state index in [-0.39, 0.29) is 0 Å². The highest BCUT2D eigenvalue weighted by molar-refractivity contribution is 9.10. The van der Waals surface area contributed by atoms with Crippen LogP contribution in [-0.4, -0.2) is 9.97 Å². The van der Waals surface area contributed by atoms with E-state index >= 15 is 0 Å². The summed E-state index contributed by atoms with van der Waals surface area (Å²) >= 11 is 9.12. The van der Waals surface area contributed by atoms with Gasteiger partial charge in [-0.3, -0.25) is 4.98 Å². The molecule has 0 spiro atoms. The lowest BCUT2D eigenvalue weighted by molar-refractivity contribution is 1.09. The Kier molecular flexibility index (Phi) is 3.74. The molecule has 2 rings (SSSR count). The first kappa shape index (κ1) is 11.4. The summed E-state index contributed by atoms with van der Waals surface area (Å²) in [5.74, 6) is 0.676. The second-order valence-electron chi connectivity index (χ2n) is 3.21. The van der Waals surface area contributed by atoms with Crippen molar-refractivity contribution < 1.29 is 0 Å². The number of aromatic nitrogens is 2. The SMILES string of the molecule is Clc1cncc(NCc2ccc(Br)cc2)n1. The molecule has 1 heterocycles. The summed E-state index contributed by atoms with van der Waals surface area (Å²) in [6, 6.07) is 8.07. The van der Waals surface area contributed by atoms with Crippen molar-refractivity contribution in [3.8, 4) is 0 Å². The van der Waals surface area contributed by atoms with Gasteiger partial charge in [0.25, 0.3) is 0 Å². The highest BCUT2D eigenvalue weighted by Gasteiger charge is 1.97. The third-order valence-corrected chi connectivity index (χ3v) is 2.70. The van der Waals surface area contributed by atoms with Crippen molar-refractivity contribution in [3.63, 3.8) is 0 Å². The van der Waals surface area contributed by atoms with Gasteiger partial charge >= 0.3 is 0 Å². The Morgan fingerprint density at radius 1 is 1.19 bits per heavy atom. The molecule has 0 saturated heterocycles. The summed E-state index contributed by atoms with van der Waals surface area (Å²) in [6.07, 6.45) is 3.15. The summed E-state index contributed by atoms with van der Waals surface area (Å²) in [5.41, 5.74) is 1.17. The van der Waals surface area contributed by atoms with Gasteiger partial charge in [-0.2, -0.15) is 0 Å². The normalized spacial score (nSPS) is 10.1. The average molecular weight is 299 g/mol. The van der Waals surface area contributed by atoms with Gasteiger partial charge in [-0.1, -0.05) is 39.7 Å². The number of nitrogens with zero attached hydrogens (tertiary/aromatic N) is 2. The summed E-state index contributed by atoms with van der Waals surface area (Å²) in [4.78, 5) is 8.03.